The summed E-state index contributed by atoms with van der Waals surface area (Å²) in [7, 11) is 0. The standard InChI is InChI=1S/C13H16N2O/c1-4-10(3)15-8-14-11-7-5-6-9(2)12(11)13(15)16/h5-8,10H,4H2,1-3H3. The minimum absolute atomic E-state index is 0.0671. The minimum atomic E-state index is 0.0671. The third-order valence-corrected chi connectivity index (χ3v) is 3.09. The van der Waals surface area contributed by atoms with Crippen molar-refractivity contribution in [3.63, 3.8) is 0 Å². The molecule has 3 nitrogen and oxygen atoms in total. The minimum Gasteiger partial charge on any atom is -0.296 e. The number of aromatic nitrogens is 2. The van der Waals surface area contributed by atoms with E-state index >= 15 is 0 Å². The summed E-state index contributed by atoms with van der Waals surface area (Å²) in [5, 5.41) is 0.741. The lowest BCUT2D eigenvalue weighted by Gasteiger charge is -2.13. The van der Waals surface area contributed by atoms with Crippen LogP contribution in [-0.4, -0.2) is 9.55 Å². The molecule has 84 valence electrons. The van der Waals surface area contributed by atoms with Gasteiger partial charge in [-0.05, 0) is 31.9 Å². The maximum Gasteiger partial charge on any atom is 0.261 e. The Balaban J connectivity index is 2.79. The molecule has 0 aliphatic rings. The predicted octanol–water partition coefficient (Wildman–Crippen LogP) is 2.68. The van der Waals surface area contributed by atoms with Crippen LogP contribution in [0.25, 0.3) is 10.9 Å². The second-order valence-electron chi connectivity index (χ2n) is 4.18. The van der Waals surface area contributed by atoms with Crippen LogP contribution < -0.4 is 5.56 Å². The molecule has 0 spiro atoms. The molecular weight excluding hydrogens is 200 g/mol. The molecule has 1 aromatic carbocycles. The first-order chi connectivity index (χ1) is 7.65. The Bertz CT molecular complexity index is 572. The molecule has 16 heavy (non-hydrogen) atoms. The highest BCUT2D eigenvalue weighted by molar-refractivity contribution is 5.80. The van der Waals surface area contributed by atoms with E-state index in [4.69, 9.17) is 0 Å². The van der Waals surface area contributed by atoms with Crippen molar-refractivity contribution in [2.75, 3.05) is 0 Å². The summed E-state index contributed by atoms with van der Waals surface area (Å²) in [6.07, 6.45) is 2.58. The molecule has 0 aliphatic heterocycles. The summed E-state index contributed by atoms with van der Waals surface area (Å²) in [5.74, 6) is 0. The number of aryl methyl sites for hydroxylation is 1. The fraction of sp³-hybridized carbons (Fsp3) is 0.385. The van der Waals surface area contributed by atoms with Gasteiger partial charge in [0.25, 0.3) is 5.56 Å². The van der Waals surface area contributed by atoms with Crippen molar-refractivity contribution in [3.05, 3.63) is 40.4 Å². The molecule has 2 rings (SSSR count). The summed E-state index contributed by atoms with van der Waals surface area (Å²) >= 11 is 0. The third kappa shape index (κ3) is 1.62. The zero-order valence-corrected chi connectivity index (χ0v) is 9.90. The van der Waals surface area contributed by atoms with E-state index in [9.17, 15) is 4.79 Å². The van der Waals surface area contributed by atoms with Gasteiger partial charge in [0.05, 0.1) is 17.2 Å². The van der Waals surface area contributed by atoms with Gasteiger partial charge in [0, 0.05) is 6.04 Å². The Morgan fingerprint density at radius 2 is 2.19 bits per heavy atom. The van der Waals surface area contributed by atoms with Crippen LogP contribution in [0.2, 0.25) is 0 Å². The molecule has 0 N–H and O–H groups in total. The highest BCUT2D eigenvalue weighted by Gasteiger charge is 2.09. The molecule has 2 aromatic rings. The second-order valence-corrected chi connectivity index (χ2v) is 4.18. The van der Waals surface area contributed by atoms with Crippen LogP contribution in [0.15, 0.2) is 29.3 Å². The van der Waals surface area contributed by atoms with Gasteiger partial charge in [-0.3, -0.25) is 9.36 Å². The molecule has 1 aromatic heterocycles. The summed E-state index contributed by atoms with van der Waals surface area (Å²) in [4.78, 5) is 16.6. The van der Waals surface area contributed by atoms with E-state index in [0.717, 1.165) is 22.9 Å². The van der Waals surface area contributed by atoms with Crippen molar-refractivity contribution in [3.8, 4) is 0 Å². The van der Waals surface area contributed by atoms with Crippen molar-refractivity contribution in [2.45, 2.75) is 33.2 Å². The zero-order valence-electron chi connectivity index (χ0n) is 9.90. The van der Waals surface area contributed by atoms with Gasteiger partial charge in [0.1, 0.15) is 0 Å². The van der Waals surface area contributed by atoms with Crippen molar-refractivity contribution in [1.29, 1.82) is 0 Å². The van der Waals surface area contributed by atoms with Crippen molar-refractivity contribution in [1.82, 2.24) is 9.55 Å². The normalized spacial score (nSPS) is 12.9. The summed E-state index contributed by atoms with van der Waals surface area (Å²) in [6, 6.07) is 5.96. The van der Waals surface area contributed by atoms with Crippen LogP contribution in [0.3, 0.4) is 0 Å². The van der Waals surface area contributed by atoms with Crippen LogP contribution in [-0.2, 0) is 0 Å². The van der Waals surface area contributed by atoms with Gasteiger partial charge in [-0.15, -0.1) is 0 Å². The number of rotatable bonds is 2. The molecule has 0 fully saturated rings. The van der Waals surface area contributed by atoms with Crippen LogP contribution >= 0.6 is 0 Å². The lowest BCUT2D eigenvalue weighted by molar-refractivity contribution is 0.510. The van der Waals surface area contributed by atoms with Crippen LogP contribution in [0.1, 0.15) is 31.9 Å². The van der Waals surface area contributed by atoms with Crippen molar-refractivity contribution < 1.29 is 0 Å². The quantitative estimate of drug-likeness (QED) is 0.773. The maximum atomic E-state index is 12.3. The van der Waals surface area contributed by atoms with Gasteiger partial charge in [0.2, 0.25) is 0 Å². The molecule has 0 saturated carbocycles. The molecule has 1 unspecified atom stereocenters. The van der Waals surface area contributed by atoms with Gasteiger partial charge in [-0.1, -0.05) is 19.1 Å². The van der Waals surface area contributed by atoms with Gasteiger partial charge in [-0.2, -0.15) is 0 Å². The molecule has 0 aliphatic carbocycles. The molecule has 1 heterocycles. The predicted molar refractivity (Wildman–Crippen MR) is 65.7 cm³/mol. The number of fused-ring (bicyclic) bond motifs is 1. The van der Waals surface area contributed by atoms with Gasteiger partial charge >= 0.3 is 0 Å². The Hall–Kier alpha value is -1.64. The third-order valence-electron chi connectivity index (χ3n) is 3.09. The van der Waals surface area contributed by atoms with Gasteiger partial charge in [0.15, 0.2) is 0 Å². The molecular formula is C13H16N2O. The average molecular weight is 216 g/mol. The summed E-state index contributed by atoms with van der Waals surface area (Å²) in [6.45, 7) is 6.05. The number of hydrogen-bond donors (Lipinski definition) is 0. The first kappa shape index (κ1) is 10.9. The maximum absolute atomic E-state index is 12.3. The van der Waals surface area contributed by atoms with Crippen LogP contribution in [0.5, 0.6) is 0 Å². The van der Waals surface area contributed by atoms with E-state index < -0.39 is 0 Å². The SMILES string of the molecule is CCC(C)n1cnc2cccc(C)c2c1=O. The Morgan fingerprint density at radius 3 is 2.88 bits per heavy atom. The van der Waals surface area contributed by atoms with E-state index in [1.165, 1.54) is 0 Å². The van der Waals surface area contributed by atoms with Gasteiger partial charge < -0.3 is 0 Å². The number of nitrogens with zero attached hydrogens (tertiary/aromatic N) is 2. The molecule has 0 amide bonds. The summed E-state index contributed by atoms with van der Waals surface area (Å²) < 4.78 is 1.72. The van der Waals surface area contributed by atoms with Crippen molar-refractivity contribution in [2.24, 2.45) is 0 Å². The highest BCUT2D eigenvalue weighted by atomic mass is 16.1. The zero-order chi connectivity index (χ0) is 11.7. The largest absolute Gasteiger partial charge is 0.296 e. The summed E-state index contributed by atoms with van der Waals surface area (Å²) in [5.41, 5.74) is 1.84. The van der Waals surface area contributed by atoms with E-state index in [1.807, 2.05) is 32.0 Å². The van der Waals surface area contributed by atoms with Crippen molar-refractivity contribution >= 4 is 10.9 Å². The van der Waals surface area contributed by atoms with E-state index in [-0.39, 0.29) is 11.6 Å². The van der Waals surface area contributed by atoms with E-state index in [2.05, 4.69) is 11.9 Å². The van der Waals surface area contributed by atoms with Crippen LogP contribution in [0, 0.1) is 6.92 Å². The fourth-order valence-electron chi connectivity index (χ4n) is 1.85. The smallest absolute Gasteiger partial charge is 0.261 e. The lowest BCUT2D eigenvalue weighted by Crippen LogP contribution is -2.23. The Labute approximate surface area is 94.7 Å². The topological polar surface area (TPSA) is 34.9 Å². The fourth-order valence-corrected chi connectivity index (χ4v) is 1.85. The molecule has 3 heteroatoms. The number of benzene rings is 1. The Morgan fingerprint density at radius 1 is 1.44 bits per heavy atom. The molecule has 1 atom stereocenters. The number of hydrogen-bond acceptors (Lipinski definition) is 2. The van der Waals surface area contributed by atoms with E-state index in [0.29, 0.717) is 0 Å². The van der Waals surface area contributed by atoms with E-state index in [1.54, 1.807) is 10.9 Å². The lowest BCUT2D eigenvalue weighted by atomic mass is 10.1. The van der Waals surface area contributed by atoms with Gasteiger partial charge in [-0.25, -0.2) is 4.98 Å². The second kappa shape index (κ2) is 4.08. The van der Waals surface area contributed by atoms with Crippen LogP contribution in [0.4, 0.5) is 0 Å². The molecule has 0 radical (unpaired) electrons. The average Bonchev–Trinajstić information content (AvgIpc) is 2.28. The monoisotopic (exact) mass is 216 g/mol. The highest BCUT2D eigenvalue weighted by Crippen LogP contribution is 2.13. The first-order valence-electron chi connectivity index (χ1n) is 5.61. The Kier molecular flexibility index (Phi) is 2.77. The first-order valence-corrected chi connectivity index (χ1v) is 5.61. The molecule has 0 bridgehead atoms. The molecule has 0 saturated heterocycles.